The summed E-state index contributed by atoms with van der Waals surface area (Å²) in [5.41, 5.74) is 0. The van der Waals surface area contributed by atoms with E-state index in [-0.39, 0.29) is 6.10 Å². The summed E-state index contributed by atoms with van der Waals surface area (Å²) >= 11 is 0. The van der Waals surface area contributed by atoms with E-state index < -0.39 is 0 Å². The second kappa shape index (κ2) is 4.09. The molecule has 0 bridgehead atoms. The van der Waals surface area contributed by atoms with Gasteiger partial charge in [0, 0.05) is 12.5 Å². The van der Waals surface area contributed by atoms with Gasteiger partial charge in [-0.3, -0.25) is 5.10 Å². The first-order chi connectivity index (χ1) is 6.77. The van der Waals surface area contributed by atoms with Crippen LogP contribution in [-0.4, -0.2) is 21.8 Å². The van der Waals surface area contributed by atoms with Gasteiger partial charge in [0.2, 0.25) is 0 Å². The predicted octanol–water partition coefficient (Wildman–Crippen LogP) is 2.17. The van der Waals surface area contributed by atoms with E-state index in [0.29, 0.717) is 5.92 Å². The van der Waals surface area contributed by atoms with Crippen molar-refractivity contribution in [3.8, 4) is 0 Å². The van der Waals surface area contributed by atoms with Crippen LogP contribution < -0.4 is 0 Å². The number of ether oxygens (including phenoxy) is 1. The van der Waals surface area contributed by atoms with Crippen LogP contribution in [0.25, 0.3) is 0 Å². The molecule has 1 N–H and O–H groups in total. The van der Waals surface area contributed by atoms with Crippen LogP contribution in [0.3, 0.4) is 0 Å². The molecule has 1 atom stereocenters. The highest BCUT2D eigenvalue weighted by atomic mass is 16.5. The van der Waals surface area contributed by atoms with Gasteiger partial charge in [-0.1, -0.05) is 13.8 Å². The maximum Gasteiger partial charge on any atom is 0.153 e. The van der Waals surface area contributed by atoms with Crippen LogP contribution in [0.4, 0.5) is 0 Å². The summed E-state index contributed by atoms with van der Waals surface area (Å²) in [5.74, 6) is 2.16. The van der Waals surface area contributed by atoms with Crippen molar-refractivity contribution in [3.05, 3.63) is 11.6 Å². The molecule has 1 aromatic heterocycles. The Labute approximate surface area is 84.1 Å². The molecular weight excluding hydrogens is 178 g/mol. The zero-order valence-electron chi connectivity index (χ0n) is 8.79. The average Bonchev–Trinajstić information content (AvgIpc) is 2.68. The van der Waals surface area contributed by atoms with Crippen molar-refractivity contribution in [2.45, 2.75) is 45.1 Å². The van der Waals surface area contributed by atoms with Crippen molar-refractivity contribution < 1.29 is 4.74 Å². The highest BCUT2D eigenvalue weighted by Gasteiger charge is 2.20. The summed E-state index contributed by atoms with van der Waals surface area (Å²) in [6.07, 6.45) is 3.60. The molecule has 2 heterocycles. The third kappa shape index (κ3) is 1.95. The van der Waals surface area contributed by atoms with E-state index in [2.05, 4.69) is 29.0 Å². The van der Waals surface area contributed by atoms with Crippen molar-refractivity contribution in [2.24, 2.45) is 0 Å². The van der Waals surface area contributed by atoms with Crippen LogP contribution >= 0.6 is 0 Å². The smallest absolute Gasteiger partial charge is 0.153 e. The lowest BCUT2D eigenvalue weighted by atomic mass is 10.1. The van der Waals surface area contributed by atoms with Crippen molar-refractivity contribution in [3.63, 3.8) is 0 Å². The Morgan fingerprint density at radius 1 is 1.43 bits per heavy atom. The molecule has 0 saturated carbocycles. The number of aromatic nitrogens is 3. The van der Waals surface area contributed by atoms with Gasteiger partial charge in [0.25, 0.3) is 0 Å². The van der Waals surface area contributed by atoms with Gasteiger partial charge in [-0.05, 0) is 19.3 Å². The summed E-state index contributed by atoms with van der Waals surface area (Å²) in [7, 11) is 0. The summed E-state index contributed by atoms with van der Waals surface area (Å²) in [4.78, 5) is 4.44. The Balaban J connectivity index is 2.07. The summed E-state index contributed by atoms with van der Waals surface area (Å²) < 4.78 is 5.62. The second-order valence-corrected chi connectivity index (χ2v) is 4.09. The molecule has 1 saturated heterocycles. The van der Waals surface area contributed by atoms with E-state index in [1.54, 1.807) is 0 Å². The fourth-order valence-electron chi connectivity index (χ4n) is 1.65. The Hall–Kier alpha value is -0.900. The topological polar surface area (TPSA) is 50.8 Å². The van der Waals surface area contributed by atoms with E-state index in [4.69, 9.17) is 4.74 Å². The minimum Gasteiger partial charge on any atom is -0.370 e. The monoisotopic (exact) mass is 195 g/mol. The first-order valence-corrected chi connectivity index (χ1v) is 5.31. The average molecular weight is 195 g/mol. The number of nitrogens with one attached hydrogen (secondary N) is 1. The summed E-state index contributed by atoms with van der Waals surface area (Å²) in [5, 5.41) is 7.15. The minimum absolute atomic E-state index is 0.142. The van der Waals surface area contributed by atoms with E-state index in [1.807, 2.05) is 0 Å². The van der Waals surface area contributed by atoms with Crippen molar-refractivity contribution in [2.75, 3.05) is 6.61 Å². The molecule has 14 heavy (non-hydrogen) atoms. The maximum atomic E-state index is 5.62. The maximum absolute atomic E-state index is 5.62. The molecule has 1 aromatic rings. The lowest BCUT2D eigenvalue weighted by Gasteiger charge is -2.19. The van der Waals surface area contributed by atoms with E-state index in [0.717, 1.165) is 24.7 Å². The fourth-order valence-corrected chi connectivity index (χ4v) is 1.65. The highest BCUT2D eigenvalue weighted by Crippen LogP contribution is 2.25. The number of hydrogen-bond acceptors (Lipinski definition) is 3. The van der Waals surface area contributed by atoms with E-state index in [9.17, 15) is 0 Å². The van der Waals surface area contributed by atoms with Gasteiger partial charge in [0.1, 0.15) is 6.10 Å². The molecule has 78 valence electrons. The van der Waals surface area contributed by atoms with Crippen LogP contribution in [0.15, 0.2) is 0 Å². The predicted molar refractivity (Wildman–Crippen MR) is 53.0 cm³/mol. The Kier molecular flexibility index (Phi) is 2.82. The van der Waals surface area contributed by atoms with E-state index >= 15 is 0 Å². The van der Waals surface area contributed by atoms with Crippen molar-refractivity contribution in [1.29, 1.82) is 0 Å². The van der Waals surface area contributed by atoms with Crippen LogP contribution in [0.5, 0.6) is 0 Å². The van der Waals surface area contributed by atoms with Crippen LogP contribution in [0.2, 0.25) is 0 Å². The number of nitrogens with zero attached hydrogens (tertiary/aromatic N) is 2. The largest absolute Gasteiger partial charge is 0.370 e. The van der Waals surface area contributed by atoms with E-state index in [1.165, 1.54) is 12.8 Å². The Morgan fingerprint density at radius 2 is 2.29 bits per heavy atom. The Morgan fingerprint density at radius 3 is 2.86 bits per heavy atom. The zero-order valence-corrected chi connectivity index (χ0v) is 8.79. The highest BCUT2D eigenvalue weighted by molar-refractivity contribution is 4.98. The van der Waals surface area contributed by atoms with Crippen LogP contribution in [0, 0.1) is 0 Å². The number of H-pyrrole nitrogens is 1. The van der Waals surface area contributed by atoms with Crippen LogP contribution in [-0.2, 0) is 4.74 Å². The normalized spacial score (nSPS) is 22.9. The van der Waals surface area contributed by atoms with Gasteiger partial charge in [0.05, 0.1) is 0 Å². The minimum atomic E-state index is 0.142. The quantitative estimate of drug-likeness (QED) is 0.786. The molecule has 0 aromatic carbocycles. The fraction of sp³-hybridized carbons (Fsp3) is 0.800. The molecule has 0 aliphatic carbocycles. The van der Waals surface area contributed by atoms with Gasteiger partial charge < -0.3 is 4.74 Å². The van der Waals surface area contributed by atoms with Crippen molar-refractivity contribution in [1.82, 2.24) is 15.2 Å². The number of hydrogen-bond donors (Lipinski definition) is 1. The third-order valence-electron chi connectivity index (χ3n) is 2.52. The van der Waals surface area contributed by atoms with Gasteiger partial charge in [-0.15, -0.1) is 0 Å². The third-order valence-corrected chi connectivity index (χ3v) is 2.52. The van der Waals surface area contributed by atoms with Gasteiger partial charge in [0.15, 0.2) is 11.6 Å². The summed E-state index contributed by atoms with van der Waals surface area (Å²) in [6, 6.07) is 0. The molecule has 4 nitrogen and oxygen atoms in total. The molecular formula is C10H17N3O. The standard InChI is InChI=1S/C10H17N3O/c1-7(2)9-11-10(13-12-9)8-5-3-4-6-14-8/h7-8H,3-6H2,1-2H3,(H,11,12,13). The Bertz CT molecular complexity index is 289. The number of aromatic amines is 1. The molecule has 0 radical (unpaired) electrons. The van der Waals surface area contributed by atoms with Gasteiger partial charge >= 0.3 is 0 Å². The number of rotatable bonds is 2. The molecule has 2 rings (SSSR count). The first-order valence-electron chi connectivity index (χ1n) is 5.31. The first kappa shape index (κ1) is 9.65. The van der Waals surface area contributed by atoms with Gasteiger partial charge in [-0.25, -0.2) is 4.98 Å². The molecule has 1 unspecified atom stereocenters. The lowest BCUT2D eigenvalue weighted by molar-refractivity contribution is 0.00962. The molecule has 1 aliphatic rings. The summed E-state index contributed by atoms with van der Waals surface area (Å²) in [6.45, 7) is 5.03. The SMILES string of the molecule is CC(C)c1n[nH]c(C2CCCCO2)n1. The molecule has 0 spiro atoms. The molecule has 1 aliphatic heterocycles. The second-order valence-electron chi connectivity index (χ2n) is 4.09. The lowest BCUT2D eigenvalue weighted by Crippen LogP contribution is -2.12. The zero-order chi connectivity index (χ0) is 9.97. The van der Waals surface area contributed by atoms with Crippen LogP contribution in [0.1, 0.15) is 56.8 Å². The molecule has 4 heteroatoms. The van der Waals surface area contributed by atoms with Crippen molar-refractivity contribution >= 4 is 0 Å². The molecule has 0 amide bonds. The molecule has 1 fully saturated rings. The van der Waals surface area contributed by atoms with Gasteiger partial charge in [-0.2, -0.15) is 5.10 Å².